The largest absolute Gasteiger partial charge is 0.386 e. The zero-order valence-electron chi connectivity index (χ0n) is 14.4. The van der Waals surface area contributed by atoms with E-state index in [4.69, 9.17) is 11.6 Å². The second-order valence-corrected chi connectivity index (χ2v) is 6.79. The number of halogens is 3. The molecule has 0 saturated heterocycles. The molecule has 4 N–H and O–H groups in total. The Balaban J connectivity index is 1.76. The van der Waals surface area contributed by atoms with Gasteiger partial charge >= 0.3 is 0 Å². The van der Waals surface area contributed by atoms with Crippen molar-refractivity contribution in [1.82, 2.24) is 10.2 Å². The van der Waals surface area contributed by atoms with E-state index in [9.17, 15) is 14.0 Å². The molecule has 2 aromatic carbocycles. The topological polar surface area (TPSA) is 98.9 Å². The highest BCUT2D eigenvalue weighted by atomic mass is 79.9. The number of aromatic amines is 1. The normalized spacial score (nSPS) is 10.4. The summed E-state index contributed by atoms with van der Waals surface area (Å²) >= 11 is 9.26. The zero-order valence-corrected chi connectivity index (χ0v) is 16.8. The van der Waals surface area contributed by atoms with E-state index < -0.39 is 17.6 Å². The summed E-state index contributed by atoms with van der Waals surface area (Å²) in [5.74, 6) is -1.30. The molecule has 0 radical (unpaired) electrons. The number of benzene rings is 2. The Labute approximate surface area is 172 Å². The van der Waals surface area contributed by atoms with Crippen molar-refractivity contribution in [2.75, 3.05) is 23.0 Å². The number of rotatable bonds is 5. The molecule has 0 fully saturated rings. The van der Waals surface area contributed by atoms with Crippen molar-refractivity contribution in [3.63, 3.8) is 0 Å². The summed E-state index contributed by atoms with van der Waals surface area (Å²) in [5.41, 5.74) is 0.994. The number of nitrogens with one attached hydrogen (secondary N) is 4. The first-order valence-corrected chi connectivity index (χ1v) is 9.16. The number of anilines is 3. The first-order valence-electron chi connectivity index (χ1n) is 7.99. The number of hydrogen-bond acceptors (Lipinski definition) is 4. The maximum atomic E-state index is 13.5. The van der Waals surface area contributed by atoms with Gasteiger partial charge in [-0.3, -0.25) is 14.7 Å². The summed E-state index contributed by atoms with van der Waals surface area (Å²) in [5, 5.41) is 14.7. The second-order valence-electron chi connectivity index (χ2n) is 5.59. The van der Waals surface area contributed by atoms with Crippen molar-refractivity contribution < 1.29 is 14.0 Å². The number of carbonyl (C=O) groups is 2. The van der Waals surface area contributed by atoms with E-state index in [1.165, 1.54) is 18.2 Å². The molecular weight excluding hydrogens is 453 g/mol. The predicted octanol–water partition coefficient (Wildman–Crippen LogP) is 4.51. The van der Waals surface area contributed by atoms with Gasteiger partial charge in [0.1, 0.15) is 11.5 Å². The van der Waals surface area contributed by atoms with Gasteiger partial charge in [0, 0.05) is 12.7 Å². The molecule has 0 aliphatic rings. The first-order chi connectivity index (χ1) is 13.4. The van der Waals surface area contributed by atoms with Gasteiger partial charge in [0.2, 0.25) is 0 Å². The molecule has 1 aromatic heterocycles. The van der Waals surface area contributed by atoms with Crippen LogP contribution in [-0.2, 0) is 0 Å². The van der Waals surface area contributed by atoms with Crippen LogP contribution in [0.25, 0.3) is 0 Å². The van der Waals surface area contributed by atoms with E-state index in [2.05, 4.69) is 42.1 Å². The van der Waals surface area contributed by atoms with E-state index in [-0.39, 0.29) is 27.2 Å². The second kappa shape index (κ2) is 8.41. The van der Waals surface area contributed by atoms with E-state index in [1.54, 1.807) is 31.3 Å². The quantitative estimate of drug-likeness (QED) is 0.444. The third kappa shape index (κ3) is 4.15. The van der Waals surface area contributed by atoms with E-state index >= 15 is 0 Å². The van der Waals surface area contributed by atoms with Crippen molar-refractivity contribution in [3.05, 3.63) is 69.0 Å². The molecule has 2 amide bonds. The molecule has 0 spiro atoms. The number of hydrogen-bond donors (Lipinski definition) is 4. The molecule has 0 aliphatic heterocycles. The Bertz CT molecular complexity index is 1060. The van der Waals surface area contributed by atoms with Crippen LogP contribution in [-0.4, -0.2) is 29.1 Å². The Morgan fingerprint density at radius 1 is 1.14 bits per heavy atom. The lowest BCUT2D eigenvalue weighted by Crippen LogP contribution is -2.14. The van der Waals surface area contributed by atoms with Crippen LogP contribution >= 0.6 is 27.5 Å². The number of nitrogens with zero attached hydrogens (tertiary/aromatic N) is 1. The summed E-state index contributed by atoms with van der Waals surface area (Å²) in [6, 6.07) is 10.7. The van der Waals surface area contributed by atoms with Gasteiger partial charge in [-0.2, -0.15) is 5.10 Å². The molecule has 0 unspecified atom stereocenters. The lowest BCUT2D eigenvalue weighted by Gasteiger charge is -2.08. The minimum atomic E-state index is -0.522. The Morgan fingerprint density at radius 3 is 2.61 bits per heavy atom. The third-order valence-electron chi connectivity index (χ3n) is 3.78. The van der Waals surface area contributed by atoms with Gasteiger partial charge in [0.25, 0.3) is 11.8 Å². The molecule has 1 heterocycles. The molecule has 7 nitrogen and oxygen atoms in total. The van der Waals surface area contributed by atoms with Crippen LogP contribution in [0.1, 0.15) is 20.8 Å². The summed E-state index contributed by atoms with van der Waals surface area (Å²) in [6.07, 6.45) is 0. The van der Waals surface area contributed by atoms with Crippen LogP contribution < -0.4 is 16.0 Å². The maximum absolute atomic E-state index is 13.5. The standard InChI is InChI=1S/C18H14BrClFN5O2/c1-22-13-8-9(6-7-12(13)21)23-18(28)15-14(19)16(26-25-15)24-17(27)10-4-2-3-5-11(10)20/h2-8,22H,1H3,(H,23,28)(H2,24,25,26,27). The predicted molar refractivity (Wildman–Crippen MR) is 110 cm³/mol. The fraction of sp³-hybridized carbons (Fsp3) is 0.0556. The minimum absolute atomic E-state index is 0.0878. The summed E-state index contributed by atoms with van der Waals surface area (Å²) in [6.45, 7) is 0. The molecule has 3 aromatic rings. The Morgan fingerprint density at radius 2 is 1.89 bits per heavy atom. The van der Waals surface area contributed by atoms with E-state index in [0.29, 0.717) is 10.7 Å². The molecule has 0 bridgehead atoms. The fourth-order valence-electron chi connectivity index (χ4n) is 2.37. The number of H-pyrrole nitrogens is 1. The van der Waals surface area contributed by atoms with Gasteiger partial charge in [-0.1, -0.05) is 23.7 Å². The fourth-order valence-corrected chi connectivity index (χ4v) is 3.05. The lowest BCUT2D eigenvalue weighted by molar-refractivity contribution is 0.101. The van der Waals surface area contributed by atoms with Crippen molar-refractivity contribution in [2.45, 2.75) is 0 Å². The average Bonchev–Trinajstić information content (AvgIpc) is 3.04. The number of aromatic nitrogens is 2. The molecule has 3 rings (SSSR count). The summed E-state index contributed by atoms with van der Waals surface area (Å²) in [7, 11) is 1.57. The van der Waals surface area contributed by atoms with E-state index in [0.717, 1.165) is 0 Å². The minimum Gasteiger partial charge on any atom is -0.386 e. The first kappa shape index (κ1) is 19.8. The summed E-state index contributed by atoms with van der Waals surface area (Å²) in [4.78, 5) is 24.8. The lowest BCUT2D eigenvalue weighted by atomic mass is 10.2. The highest BCUT2D eigenvalue weighted by Gasteiger charge is 2.20. The third-order valence-corrected chi connectivity index (χ3v) is 4.88. The highest BCUT2D eigenvalue weighted by molar-refractivity contribution is 9.10. The Kier molecular flexibility index (Phi) is 5.96. The molecular formula is C18H14BrClFN5O2. The van der Waals surface area contributed by atoms with Crippen molar-refractivity contribution >= 4 is 56.5 Å². The number of amides is 2. The maximum Gasteiger partial charge on any atom is 0.274 e. The van der Waals surface area contributed by atoms with Crippen LogP contribution in [0.5, 0.6) is 0 Å². The molecule has 0 aliphatic carbocycles. The van der Waals surface area contributed by atoms with E-state index in [1.807, 2.05) is 0 Å². The van der Waals surface area contributed by atoms with Crippen LogP contribution in [0.4, 0.5) is 21.6 Å². The molecule has 0 saturated carbocycles. The molecule has 10 heteroatoms. The monoisotopic (exact) mass is 465 g/mol. The van der Waals surface area contributed by atoms with Crippen molar-refractivity contribution in [3.8, 4) is 0 Å². The van der Waals surface area contributed by atoms with Gasteiger partial charge < -0.3 is 16.0 Å². The average molecular weight is 467 g/mol. The van der Waals surface area contributed by atoms with Gasteiger partial charge in [-0.05, 0) is 46.3 Å². The molecule has 144 valence electrons. The zero-order chi connectivity index (χ0) is 20.3. The molecule has 28 heavy (non-hydrogen) atoms. The Hall–Kier alpha value is -2.91. The van der Waals surface area contributed by atoms with Crippen LogP contribution in [0.15, 0.2) is 46.9 Å². The smallest absolute Gasteiger partial charge is 0.274 e. The number of carbonyl (C=O) groups excluding carboxylic acids is 2. The van der Waals surface area contributed by atoms with Gasteiger partial charge in [0.15, 0.2) is 5.82 Å². The van der Waals surface area contributed by atoms with Gasteiger partial charge in [-0.15, -0.1) is 0 Å². The summed E-state index contributed by atoms with van der Waals surface area (Å²) < 4.78 is 13.8. The van der Waals surface area contributed by atoms with Crippen LogP contribution in [0, 0.1) is 5.82 Å². The van der Waals surface area contributed by atoms with Crippen molar-refractivity contribution in [1.29, 1.82) is 0 Å². The van der Waals surface area contributed by atoms with Gasteiger partial charge in [0.05, 0.1) is 20.7 Å². The molecule has 0 atom stereocenters. The van der Waals surface area contributed by atoms with Crippen molar-refractivity contribution in [2.24, 2.45) is 0 Å². The van der Waals surface area contributed by atoms with Crippen LogP contribution in [0.3, 0.4) is 0 Å². The van der Waals surface area contributed by atoms with Gasteiger partial charge in [-0.25, -0.2) is 4.39 Å². The van der Waals surface area contributed by atoms with Crippen LogP contribution in [0.2, 0.25) is 5.02 Å². The highest BCUT2D eigenvalue weighted by Crippen LogP contribution is 2.26. The SMILES string of the molecule is CNc1cc(NC(=O)c2[nH]nc(NC(=O)c3ccccc3Cl)c2Br)ccc1F.